The Labute approximate surface area is 149 Å². The first-order valence-corrected chi connectivity index (χ1v) is 9.46. The van der Waals surface area contributed by atoms with Crippen molar-refractivity contribution in [2.45, 2.75) is 37.8 Å². The molecule has 1 amide bonds. The van der Waals surface area contributed by atoms with Gasteiger partial charge in [-0.05, 0) is 63.6 Å². The van der Waals surface area contributed by atoms with E-state index in [2.05, 4.69) is 29.0 Å². The molecule has 0 spiro atoms. The van der Waals surface area contributed by atoms with Crippen molar-refractivity contribution in [1.29, 1.82) is 0 Å². The van der Waals surface area contributed by atoms with Crippen LogP contribution < -0.4 is 0 Å². The van der Waals surface area contributed by atoms with Gasteiger partial charge in [0.15, 0.2) is 0 Å². The Hall–Kier alpha value is -1.53. The summed E-state index contributed by atoms with van der Waals surface area (Å²) in [6.07, 6.45) is 8.36. The van der Waals surface area contributed by atoms with E-state index < -0.39 is 0 Å². The number of aromatic nitrogens is 2. The molecule has 0 unspecified atom stereocenters. The number of hydrogen-bond acceptors (Lipinski definition) is 5. The molecular weight excluding hydrogens is 316 g/mol. The minimum Gasteiger partial charge on any atom is -0.376 e. The van der Waals surface area contributed by atoms with Gasteiger partial charge < -0.3 is 14.5 Å². The van der Waals surface area contributed by atoms with Gasteiger partial charge in [-0.25, -0.2) is 9.97 Å². The van der Waals surface area contributed by atoms with Crippen molar-refractivity contribution in [2.75, 3.05) is 33.8 Å². The molecule has 0 radical (unpaired) electrons. The van der Waals surface area contributed by atoms with Crippen LogP contribution in [0.3, 0.4) is 0 Å². The average molecular weight is 344 g/mol. The van der Waals surface area contributed by atoms with E-state index in [4.69, 9.17) is 4.74 Å². The summed E-state index contributed by atoms with van der Waals surface area (Å²) in [4.78, 5) is 25.2. The van der Waals surface area contributed by atoms with Crippen molar-refractivity contribution >= 4 is 5.91 Å². The van der Waals surface area contributed by atoms with Crippen LogP contribution >= 0.6 is 0 Å². The molecule has 1 aromatic rings. The van der Waals surface area contributed by atoms with Gasteiger partial charge in [0.1, 0.15) is 0 Å². The molecule has 0 aromatic carbocycles. The Morgan fingerprint density at radius 1 is 1.20 bits per heavy atom. The minimum atomic E-state index is -0.0353. The summed E-state index contributed by atoms with van der Waals surface area (Å²) in [7, 11) is 4.29. The number of carbonyl (C=O) groups is 1. The number of rotatable bonds is 5. The standard InChI is InChI=1S/C19H28N4O2/c1-22(2)16-8-14-10-23(19(24)18-20-6-3-7-21-18)11-15(14)9-17(16)25-12-13-4-5-13/h3,6-7,13-17H,4-5,8-12H2,1-2H3/t14-,15+,16-,17-/m1/s1. The molecular formula is C19H28N4O2. The van der Waals surface area contributed by atoms with Crippen molar-refractivity contribution in [2.24, 2.45) is 17.8 Å². The lowest BCUT2D eigenvalue weighted by Crippen LogP contribution is -2.48. The third-order valence-electron chi connectivity index (χ3n) is 6.04. The molecule has 0 N–H and O–H groups in total. The molecule has 4 rings (SSSR count). The summed E-state index contributed by atoms with van der Waals surface area (Å²) >= 11 is 0. The van der Waals surface area contributed by atoms with Crippen LogP contribution in [-0.4, -0.2) is 71.6 Å². The smallest absolute Gasteiger partial charge is 0.291 e. The van der Waals surface area contributed by atoms with E-state index in [1.54, 1.807) is 18.5 Å². The highest BCUT2D eigenvalue weighted by Crippen LogP contribution is 2.40. The fourth-order valence-electron chi connectivity index (χ4n) is 4.37. The number of fused-ring (bicyclic) bond motifs is 1. The first-order valence-electron chi connectivity index (χ1n) is 9.46. The van der Waals surface area contributed by atoms with Crippen LogP contribution in [0.25, 0.3) is 0 Å². The minimum absolute atomic E-state index is 0.0353. The number of ether oxygens (including phenoxy) is 1. The van der Waals surface area contributed by atoms with E-state index in [1.807, 2.05) is 4.90 Å². The van der Waals surface area contributed by atoms with Crippen molar-refractivity contribution in [3.05, 3.63) is 24.3 Å². The molecule has 4 atom stereocenters. The zero-order valence-corrected chi connectivity index (χ0v) is 15.2. The summed E-state index contributed by atoms with van der Waals surface area (Å²) in [5.41, 5.74) is 0. The van der Waals surface area contributed by atoms with Gasteiger partial charge in [-0.2, -0.15) is 0 Å². The summed E-state index contributed by atoms with van der Waals surface area (Å²) < 4.78 is 6.30. The highest BCUT2D eigenvalue weighted by molar-refractivity contribution is 5.90. The highest BCUT2D eigenvalue weighted by Gasteiger charge is 2.45. The lowest BCUT2D eigenvalue weighted by atomic mass is 9.77. The first kappa shape index (κ1) is 16.9. The van der Waals surface area contributed by atoms with E-state index in [0.29, 0.717) is 29.8 Å². The van der Waals surface area contributed by atoms with Crippen molar-refractivity contribution < 1.29 is 9.53 Å². The Morgan fingerprint density at radius 3 is 2.52 bits per heavy atom. The van der Waals surface area contributed by atoms with Gasteiger partial charge in [0.05, 0.1) is 6.10 Å². The van der Waals surface area contributed by atoms with Crippen LogP contribution in [0, 0.1) is 17.8 Å². The zero-order valence-electron chi connectivity index (χ0n) is 15.2. The predicted octanol–water partition coefficient (Wildman–Crippen LogP) is 1.68. The molecule has 2 heterocycles. The molecule has 2 aliphatic carbocycles. The quantitative estimate of drug-likeness (QED) is 0.813. The number of nitrogens with zero attached hydrogens (tertiary/aromatic N) is 4. The molecule has 2 saturated carbocycles. The van der Waals surface area contributed by atoms with Crippen LogP contribution in [0.4, 0.5) is 0 Å². The van der Waals surface area contributed by atoms with Crippen LogP contribution in [0.1, 0.15) is 36.3 Å². The summed E-state index contributed by atoms with van der Waals surface area (Å²) in [6.45, 7) is 2.54. The van der Waals surface area contributed by atoms with Gasteiger partial charge in [0.25, 0.3) is 5.91 Å². The second-order valence-corrected chi connectivity index (χ2v) is 8.12. The maximum absolute atomic E-state index is 12.7. The topological polar surface area (TPSA) is 58.6 Å². The van der Waals surface area contributed by atoms with E-state index in [1.165, 1.54) is 12.8 Å². The maximum Gasteiger partial charge on any atom is 0.291 e. The molecule has 6 heteroatoms. The van der Waals surface area contributed by atoms with E-state index in [9.17, 15) is 4.79 Å². The van der Waals surface area contributed by atoms with E-state index in [0.717, 1.165) is 38.5 Å². The van der Waals surface area contributed by atoms with Crippen LogP contribution in [0.5, 0.6) is 0 Å². The second-order valence-electron chi connectivity index (χ2n) is 8.12. The van der Waals surface area contributed by atoms with Crippen molar-refractivity contribution in [3.63, 3.8) is 0 Å². The maximum atomic E-state index is 12.7. The van der Waals surface area contributed by atoms with Gasteiger partial charge in [0.2, 0.25) is 5.82 Å². The van der Waals surface area contributed by atoms with Crippen molar-refractivity contribution in [1.82, 2.24) is 19.8 Å². The molecule has 3 fully saturated rings. The number of likely N-dealkylation sites (N-methyl/N-ethyl adjacent to an activating group) is 1. The fraction of sp³-hybridized carbons (Fsp3) is 0.737. The molecule has 1 aromatic heterocycles. The molecule has 3 aliphatic rings. The van der Waals surface area contributed by atoms with Crippen LogP contribution in [0.2, 0.25) is 0 Å². The molecule has 1 aliphatic heterocycles. The SMILES string of the molecule is CN(C)[C@@H]1C[C@@H]2CN(C(=O)c3ncccn3)C[C@@H]2C[C@H]1OCC1CC1. The molecule has 136 valence electrons. The number of hydrogen-bond donors (Lipinski definition) is 0. The normalized spacial score (nSPS) is 32.0. The number of carbonyl (C=O) groups excluding carboxylic acids is 1. The van der Waals surface area contributed by atoms with Gasteiger partial charge in [-0.15, -0.1) is 0 Å². The summed E-state index contributed by atoms with van der Waals surface area (Å²) in [5.74, 6) is 2.16. The van der Waals surface area contributed by atoms with Gasteiger partial charge in [-0.3, -0.25) is 4.79 Å². The molecule has 25 heavy (non-hydrogen) atoms. The zero-order chi connectivity index (χ0) is 17.4. The first-order chi connectivity index (χ1) is 12.1. The lowest BCUT2D eigenvalue weighted by molar-refractivity contribution is -0.0493. The Morgan fingerprint density at radius 2 is 1.88 bits per heavy atom. The molecule has 1 saturated heterocycles. The summed E-state index contributed by atoms with van der Waals surface area (Å²) in [5, 5.41) is 0. The lowest BCUT2D eigenvalue weighted by Gasteiger charge is -2.41. The monoisotopic (exact) mass is 344 g/mol. The van der Waals surface area contributed by atoms with E-state index in [-0.39, 0.29) is 5.91 Å². The van der Waals surface area contributed by atoms with Gasteiger partial charge in [-0.1, -0.05) is 0 Å². The molecule has 6 nitrogen and oxygen atoms in total. The third kappa shape index (κ3) is 3.70. The average Bonchev–Trinajstić information content (AvgIpc) is 3.36. The molecule has 0 bridgehead atoms. The van der Waals surface area contributed by atoms with E-state index >= 15 is 0 Å². The van der Waals surface area contributed by atoms with Crippen LogP contribution in [0.15, 0.2) is 18.5 Å². The Kier molecular flexibility index (Phi) is 4.73. The number of amides is 1. The third-order valence-corrected chi connectivity index (χ3v) is 6.04. The Balaban J connectivity index is 1.42. The second kappa shape index (κ2) is 7.00. The van der Waals surface area contributed by atoms with Gasteiger partial charge in [0, 0.05) is 38.1 Å². The van der Waals surface area contributed by atoms with Crippen LogP contribution in [-0.2, 0) is 4.74 Å². The largest absolute Gasteiger partial charge is 0.376 e. The number of likely N-dealkylation sites (tertiary alicyclic amines) is 1. The Bertz CT molecular complexity index is 605. The fourth-order valence-corrected chi connectivity index (χ4v) is 4.37. The predicted molar refractivity (Wildman–Crippen MR) is 94.1 cm³/mol. The summed E-state index contributed by atoms with van der Waals surface area (Å²) in [6, 6.07) is 2.19. The van der Waals surface area contributed by atoms with Crippen molar-refractivity contribution in [3.8, 4) is 0 Å². The van der Waals surface area contributed by atoms with Gasteiger partial charge >= 0.3 is 0 Å². The highest BCUT2D eigenvalue weighted by atomic mass is 16.5.